The summed E-state index contributed by atoms with van der Waals surface area (Å²) in [6.45, 7) is 8.24. The van der Waals surface area contributed by atoms with Gasteiger partial charge >= 0.3 is 0 Å². The van der Waals surface area contributed by atoms with Crippen molar-refractivity contribution in [2.75, 3.05) is 13.2 Å². The first-order valence-electron chi connectivity index (χ1n) is 5.93. The average molecular weight is 242 g/mol. The van der Waals surface area contributed by atoms with Crippen LogP contribution in [0.25, 0.3) is 0 Å². The maximum absolute atomic E-state index is 5.49. The van der Waals surface area contributed by atoms with E-state index in [0.29, 0.717) is 12.1 Å². The number of unbranched alkanes of at least 4 members (excludes halogenated alkanes) is 1. The molecule has 0 fully saturated rings. The number of hydrogen-bond acceptors (Lipinski definition) is 4. The fourth-order valence-electron chi connectivity index (χ4n) is 1.40. The molecule has 1 aromatic heterocycles. The van der Waals surface area contributed by atoms with E-state index < -0.39 is 0 Å². The number of ether oxygens (including phenoxy) is 1. The molecule has 0 aromatic carbocycles. The van der Waals surface area contributed by atoms with E-state index in [1.807, 2.05) is 11.7 Å². The minimum Gasteiger partial charge on any atom is -0.379 e. The van der Waals surface area contributed by atoms with Crippen molar-refractivity contribution >= 4 is 11.3 Å². The second kappa shape index (κ2) is 7.76. The summed E-state index contributed by atoms with van der Waals surface area (Å²) in [5.74, 6) is 0. The second-order valence-corrected chi connectivity index (χ2v) is 5.12. The third-order valence-electron chi connectivity index (χ3n) is 2.35. The number of hydrogen-bond donors (Lipinski definition) is 1. The Morgan fingerprint density at radius 3 is 2.81 bits per heavy atom. The number of rotatable bonds is 8. The van der Waals surface area contributed by atoms with Crippen LogP contribution in [0.15, 0.2) is 11.7 Å². The molecule has 92 valence electrons. The van der Waals surface area contributed by atoms with Gasteiger partial charge in [0.15, 0.2) is 0 Å². The Bertz CT molecular complexity index is 262. The highest BCUT2D eigenvalue weighted by molar-refractivity contribution is 7.09. The molecule has 1 heterocycles. The van der Waals surface area contributed by atoms with Crippen molar-refractivity contribution < 1.29 is 4.74 Å². The van der Waals surface area contributed by atoms with Crippen LogP contribution >= 0.6 is 11.3 Å². The van der Waals surface area contributed by atoms with Crippen molar-refractivity contribution in [3.63, 3.8) is 0 Å². The smallest absolute Gasteiger partial charge is 0.0794 e. The van der Waals surface area contributed by atoms with Crippen LogP contribution in [0, 0.1) is 0 Å². The van der Waals surface area contributed by atoms with Crippen LogP contribution in [0.3, 0.4) is 0 Å². The van der Waals surface area contributed by atoms with Crippen molar-refractivity contribution in [2.24, 2.45) is 0 Å². The lowest BCUT2D eigenvalue weighted by atomic mass is 10.2. The van der Waals surface area contributed by atoms with Gasteiger partial charge in [-0.3, -0.25) is 4.98 Å². The highest BCUT2D eigenvalue weighted by Crippen LogP contribution is 2.15. The van der Waals surface area contributed by atoms with Gasteiger partial charge in [-0.05, 0) is 40.2 Å². The van der Waals surface area contributed by atoms with E-state index in [2.05, 4.69) is 31.1 Å². The Hall–Kier alpha value is -0.450. The maximum atomic E-state index is 5.49. The Kier molecular flexibility index (Phi) is 6.61. The summed E-state index contributed by atoms with van der Waals surface area (Å²) >= 11 is 1.70. The average Bonchev–Trinajstić information content (AvgIpc) is 2.75. The number of nitrogens with zero attached hydrogens (tertiary/aromatic N) is 1. The molecule has 16 heavy (non-hydrogen) atoms. The molecular weight excluding hydrogens is 220 g/mol. The molecule has 1 unspecified atom stereocenters. The Morgan fingerprint density at radius 2 is 2.19 bits per heavy atom. The van der Waals surface area contributed by atoms with Crippen LogP contribution < -0.4 is 5.32 Å². The molecule has 0 saturated carbocycles. The summed E-state index contributed by atoms with van der Waals surface area (Å²) in [4.78, 5) is 5.38. The summed E-state index contributed by atoms with van der Waals surface area (Å²) in [5, 5.41) is 3.49. The van der Waals surface area contributed by atoms with E-state index in [1.54, 1.807) is 11.3 Å². The van der Waals surface area contributed by atoms with Crippen molar-refractivity contribution in [1.82, 2.24) is 10.3 Å². The molecule has 4 heteroatoms. The van der Waals surface area contributed by atoms with Gasteiger partial charge in [-0.1, -0.05) is 0 Å². The summed E-state index contributed by atoms with van der Waals surface area (Å²) in [5.41, 5.74) is 1.88. The molecule has 0 saturated heterocycles. The zero-order valence-corrected chi connectivity index (χ0v) is 11.2. The number of thiazole rings is 1. The number of aromatic nitrogens is 1. The van der Waals surface area contributed by atoms with Gasteiger partial charge in [-0.15, -0.1) is 11.3 Å². The molecule has 0 aliphatic carbocycles. The van der Waals surface area contributed by atoms with Gasteiger partial charge in [-0.25, -0.2) is 0 Å². The van der Waals surface area contributed by atoms with E-state index in [1.165, 1.54) is 4.88 Å². The largest absolute Gasteiger partial charge is 0.379 e. The molecular formula is C12H22N2OS. The van der Waals surface area contributed by atoms with Crippen molar-refractivity contribution in [3.05, 3.63) is 16.6 Å². The summed E-state index contributed by atoms with van der Waals surface area (Å²) in [6, 6.07) is 0.415. The molecule has 0 bridgehead atoms. The molecule has 0 aliphatic heterocycles. The predicted octanol–water partition coefficient (Wildman–Crippen LogP) is 3.00. The zero-order valence-electron chi connectivity index (χ0n) is 10.4. The van der Waals surface area contributed by atoms with Gasteiger partial charge in [0, 0.05) is 23.7 Å². The first kappa shape index (κ1) is 13.6. The first-order valence-corrected chi connectivity index (χ1v) is 6.81. The van der Waals surface area contributed by atoms with Crippen molar-refractivity contribution in [2.45, 2.75) is 45.8 Å². The normalized spacial score (nSPS) is 13.2. The van der Waals surface area contributed by atoms with Gasteiger partial charge in [0.1, 0.15) is 0 Å². The molecule has 1 atom stereocenters. The molecule has 0 spiro atoms. The third-order valence-corrected chi connectivity index (χ3v) is 3.31. The fraction of sp³-hybridized carbons (Fsp3) is 0.750. The van der Waals surface area contributed by atoms with Crippen LogP contribution in [-0.4, -0.2) is 24.2 Å². The standard InChI is InChI=1S/C12H22N2OS/c1-10(2)15-7-5-4-6-14-11(3)12-8-13-9-16-12/h8-11,14H,4-7H2,1-3H3. The maximum Gasteiger partial charge on any atom is 0.0794 e. The van der Waals surface area contributed by atoms with E-state index in [4.69, 9.17) is 4.74 Å². The lowest BCUT2D eigenvalue weighted by molar-refractivity contribution is 0.0759. The minimum atomic E-state index is 0.351. The van der Waals surface area contributed by atoms with Crippen LogP contribution in [0.1, 0.15) is 44.5 Å². The highest BCUT2D eigenvalue weighted by Gasteiger charge is 2.05. The SMILES string of the molecule is CC(C)OCCCCNC(C)c1cncs1. The van der Waals surface area contributed by atoms with E-state index >= 15 is 0 Å². The lowest BCUT2D eigenvalue weighted by Gasteiger charge is -2.11. The summed E-state index contributed by atoms with van der Waals surface area (Å²) < 4.78 is 5.49. The van der Waals surface area contributed by atoms with Gasteiger partial charge < -0.3 is 10.1 Å². The summed E-state index contributed by atoms with van der Waals surface area (Å²) in [7, 11) is 0. The van der Waals surface area contributed by atoms with Gasteiger partial charge in [0.25, 0.3) is 0 Å². The van der Waals surface area contributed by atoms with Crippen LogP contribution in [0.5, 0.6) is 0 Å². The first-order chi connectivity index (χ1) is 7.70. The Morgan fingerprint density at radius 1 is 1.38 bits per heavy atom. The van der Waals surface area contributed by atoms with E-state index in [9.17, 15) is 0 Å². The topological polar surface area (TPSA) is 34.1 Å². The molecule has 1 aromatic rings. The Balaban J connectivity index is 1.99. The Labute approximate surface area is 102 Å². The van der Waals surface area contributed by atoms with E-state index in [-0.39, 0.29) is 0 Å². The van der Waals surface area contributed by atoms with E-state index in [0.717, 1.165) is 26.0 Å². The fourth-order valence-corrected chi connectivity index (χ4v) is 2.06. The zero-order chi connectivity index (χ0) is 11.8. The third kappa shape index (κ3) is 5.58. The molecule has 0 amide bonds. The predicted molar refractivity (Wildman–Crippen MR) is 68.9 cm³/mol. The van der Waals surface area contributed by atoms with Crippen LogP contribution in [0.4, 0.5) is 0 Å². The molecule has 1 N–H and O–H groups in total. The molecule has 0 aliphatic rings. The molecule has 3 nitrogen and oxygen atoms in total. The molecule has 1 rings (SSSR count). The van der Waals surface area contributed by atoms with Gasteiger partial charge in [0.2, 0.25) is 0 Å². The molecule has 0 radical (unpaired) electrons. The van der Waals surface area contributed by atoms with Crippen LogP contribution in [0.2, 0.25) is 0 Å². The van der Waals surface area contributed by atoms with Crippen LogP contribution in [-0.2, 0) is 4.74 Å². The van der Waals surface area contributed by atoms with Crippen molar-refractivity contribution in [1.29, 1.82) is 0 Å². The van der Waals surface area contributed by atoms with Crippen molar-refractivity contribution in [3.8, 4) is 0 Å². The summed E-state index contributed by atoms with van der Waals surface area (Å²) in [6.07, 6.45) is 4.57. The monoisotopic (exact) mass is 242 g/mol. The van der Waals surface area contributed by atoms with Gasteiger partial charge in [-0.2, -0.15) is 0 Å². The van der Waals surface area contributed by atoms with Gasteiger partial charge in [0.05, 0.1) is 11.6 Å². The lowest BCUT2D eigenvalue weighted by Crippen LogP contribution is -2.19. The quantitative estimate of drug-likeness (QED) is 0.712. The minimum absolute atomic E-state index is 0.351. The number of nitrogens with one attached hydrogen (secondary N) is 1. The highest BCUT2D eigenvalue weighted by atomic mass is 32.1. The second-order valence-electron chi connectivity index (χ2n) is 4.21.